The summed E-state index contributed by atoms with van der Waals surface area (Å²) in [7, 11) is -2.00. The lowest BCUT2D eigenvalue weighted by molar-refractivity contribution is 0.600. The van der Waals surface area contributed by atoms with Crippen LogP contribution in [0.15, 0.2) is 39.5 Å². The first-order chi connectivity index (χ1) is 11.8. The Morgan fingerprint density at radius 2 is 2.04 bits per heavy atom. The van der Waals surface area contributed by atoms with Crippen LogP contribution in [0.25, 0.3) is 0 Å². The highest BCUT2D eigenvalue weighted by molar-refractivity contribution is 7.91. The van der Waals surface area contributed by atoms with E-state index < -0.39 is 10.0 Å². The quantitative estimate of drug-likeness (QED) is 0.522. The number of rotatable bonds is 6. The summed E-state index contributed by atoms with van der Waals surface area (Å²) < 4.78 is 35.8. The first kappa shape index (κ1) is 19.4. The van der Waals surface area contributed by atoms with Crippen LogP contribution in [0.5, 0.6) is 0 Å². The molecule has 0 radical (unpaired) electrons. The van der Waals surface area contributed by atoms with Crippen molar-refractivity contribution in [2.75, 3.05) is 13.6 Å². The van der Waals surface area contributed by atoms with Gasteiger partial charge in [-0.1, -0.05) is 6.07 Å². The zero-order valence-corrected chi connectivity index (χ0v) is 15.7. The fourth-order valence-electron chi connectivity index (χ4n) is 2.25. The summed E-state index contributed by atoms with van der Waals surface area (Å²) in [6, 6.07) is 7.96. The highest BCUT2D eigenvalue weighted by Crippen LogP contribution is 2.19. The zero-order chi connectivity index (χ0) is 18.4. The first-order valence-corrected chi connectivity index (χ1v) is 9.97. The molecule has 1 aromatic carbocycles. The molecule has 0 aliphatic carbocycles. The fourth-order valence-corrected chi connectivity index (χ4v) is 3.97. The first-order valence-electron chi connectivity index (χ1n) is 7.60. The van der Waals surface area contributed by atoms with Gasteiger partial charge in [0.25, 0.3) is 0 Å². The number of aryl methyl sites for hydroxylation is 1. The van der Waals surface area contributed by atoms with Crippen LogP contribution in [0.4, 0.5) is 4.39 Å². The number of halogens is 1. The fraction of sp³-hybridized carbons (Fsp3) is 0.312. The van der Waals surface area contributed by atoms with Gasteiger partial charge in [0.15, 0.2) is 5.96 Å². The van der Waals surface area contributed by atoms with Gasteiger partial charge < -0.3 is 10.6 Å². The lowest BCUT2D eigenvalue weighted by atomic mass is 10.1. The van der Waals surface area contributed by atoms with E-state index in [1.165, 1.54) is 18.2 Å². The number of nitrogens with zero attached hydrogens (tertiary/aromatic N) is 1. The molecule has 0 bridgehead atoms. The van der Waals surface area contributed by atoms with E-state index in [4.69, 9.17) is 5.14 Å². The maximum Gasteiger partial charge on any atom is 0.247 e. The van der Waals surface area contributed by atoms with Gasteiger partial charge in [0.2, 0.25) is 10.0 Å². The van der Waals surface area contributed by atoms with Gasteiger partial charge in [-0.2, -0.15) is 0 Å². The Morgan fingerprint density at radius 3 is 2.64 bits per heavy atom. The second-order valence-electron chi connectivity index (χ2n) is 5.44. The predicted molar refractivity (Wildman–Crippen MR) is 98.7 cm³/mol. The topological polar surface area (TPSA) is 96.6 Å². The van der Waals surface area contributed by atoms with Crippen LogP contribution >= 0.6 is 11.3 Å². The molecule has 0 aliphatic rings. The Kier molecular flexibility index (Phi) is 6.51. The number of hydrogen-bond acceptors (Lipinski definition) is 4. The lowest BCUT2D eigenvalue weighted by Crippen LogP contribution is -2.37. The van der Waals surface area contributed by atoms with Crippen molar-refractivity contribution in [1.82, 2.24) is 10.6 Å². The second-order valence-corrected chi connectivity index (χ2v) is 8.40. The molecule has 0 spiro atoms. The molecule has 6 nitrogen and oxygen atoms in total. The Balaban J connectivity index is 1.84. The average Bonchev–Trinajstić information content (AvgIpc) is 3.01. The van der Waals surface area contributed by atoms with Gasteiger partial charge in [0.1, 0.15) is 10.0 Å². The number of benzene rings is 1. The number of nitrogens with one attached hydrogen (secondary N) is 2. The molecule has 0 saturated heterocycles. The summed E-state index contributed by atoms with van der Waals surface area (Å²) >= 11 is 1.12. The van der Waals surface area contributed by atoms with Crippen molar-refractivity contribution in [3.05, 3.63) is 52.2 Å². The molecule has 0 fully saturated rings. The third kappa shape index (κ3) is 5.80. The second kappa shape index (κ2) is 8.41. The van der Waals surface area contributed by atoms with Crippen LogP contribution in [0.2, 0.25) is 0 Å². The molecule has 0 amide bonds. The molecule has 9 heteroatoms. The average molecular weight is 385 g/mol. The van der Waals surface area contributed by atoms with Crippen LogP contribution in [0.3, 0.4) is 0 Å². The van der Waals surface area contributed by atoms with Gasteiger partial charge in [-0.3, -0.25) is 4.99 Å². The van der Waals surface area contributed by atoms with Gasteiger partial charge in [-0.15, -0.1) is 11.3 Å². The van der Waals surface area contributed by atoms with Crippen molar-refractivity contribution in [2.45, 2.75) is 24.1 Å². The minimum Gasteiger partial charge on any atom is -0.356 e. The number of primary sulfonamides is 1. The van der Waals surface area contributed by atoms with E-state index in [9.17, 15) is 12.8 Å². The molecule has 25 heavy (non-hydrogen) atoms. The van der Waals surface area contributed by atoms with Crippen molar-refractivity contribution in [1.29, 1.82) is 0 Å². The summed E-state index contributed by atoms with van der Waals surface area (Å²) in [5.41, 5.74) is 1.99. The van der Waals surface area contributed by atoms with E-state index in [2.05, 4.69) is 15.6 Å². The molecule has 0 unspecified atom stereocenters. The molecule has 0 atom stereocenters. The third-order valence-electron chi connectivity index (χ3n) is 3.56. The van der Waals surface area contributed by atoms with E-state index in [0.717, 1.165) is 33.8 Å². The number of sulfonamides is 1. The maximum atomic E-state index is 13.1. The maximum absolute atomic E-state index is 13.1. The van der Waals surface area contributed by atoms with Gasteiger partial charge in [0, 0.05) is 18.5 Å². The van der Waals surface area contributed by atoms with Crippen LogP contribution in [-0.4, -0.2) is 28.0 Å². The summed E-state index contributed by atoms with van der Waals surface area (Å²) in [4.78, 5) is 4.96. The summed E-state index contributed by atoms with van der Waals surface area (Å²) in [6.45, 7) is 2.96. The van der Waals surface area contributed by atoms with Crippen molar-refractivity contribution >= 4 is 27.3 Å². The largest absolute Gasteiger partial charge is 0.356 e. The molecular formula is C16H21FN4O2S2. The number of guanidine groups is 1. The molecule has 2 rings (SSSR count). The molecule has 2 aromatic rings. The molecular weight excluding hydrogens is 363 g/mol. The van der Waals surface area contributed by atoms with Gasteiger partial charge in [0.05, 0.1) is 6.54 Å². The summed E-state index contributed by atoms with van der Waals surface area (Å²) in [5.74, 6) is 0.367. The highest BCUT2D eigenvalue weighted by Gasteiger charge is 2.11. The standard InChI is InChI=1S/C16H21FN4O2S2/c1-11-9-13(17)4-3-12(11)7-8-20-16(19-2)21-10-14-5-6-15(24-14)25(18,22)23/h3-6,9H,7-8,10H2,1-2H3,(H2,18,22,23)(H2,19,20,21). The Labute approximate surface area is 151 Å². The van der Waals surface area contributed by atoms with Gasteiger partial charge in [-0.25, -0.2) is 17.9 Å². The predicted octanol–water partition coefficient (Wildman–Crippen LogP) is 1.75. The smallest absolute Gasteiger partial charge is 0.247 e. The van der Waals surface area contributed by atoms with Crippen LogP contribution in [0, 0.1) is 12.7 Å². The van der Waals surface area contributed by atoms with E-state index in [1.54, 1.807) is 19.2 Å². The third-order valence-corrected chi connectivity index (χ3v) is 6.09. The van der Waals surface area contributed by atoms with Crippen molar-refractivity contribution in [2.24, 2.45) is 10.1 Å². The highest BCUT2D eigenvalue weighted by atomic mass is 32.2. The van der Waals surface area contributed by atoms with E-state index in [0.29, 0.717) is 19.0 Å². The molecule has 4 N–H and O–H groups in total. The number of nitrogens with two attached hydrogens (primary N) is 1. The molecule has 0 saturated carbocycles. The number of hydrogen-bond donors (Lipinski definition) is 3. The van der Waals surface area contributed by atoms with E-state index >= 15 is 0 Å². The van der Waals surface area contributed by atoms with Crippen LogP contribution in [-0.2, 0) is 23.0 Å². The zero-order valence-electron chi connectivity index (χ0n) is 14.0. The number of thiophene rings is 1. The molecule has 1 aromatic heterocycles. The van der Waals surface area contributed by atoms with Crippen molar-refractivity contribution < 1.29 is 12.8 Å². The Hall–Kier alpha value is -1.97. The summed E-state index contributed by atoms with van der Waals surface area (Å²) in [6.07, 6.45) is 0.737. The molecule has 0 aliphatic heterocycles. The molecule has 1 heterocycles. The van der Waals surface area contributed by atoms with E-state index in [-0.39, 0.29) is 10.0 Å². The monoisotopic (exact) mass is 384 g/mol. The minimum atomic E-state index is -3.66. The molecule has 136 valence electrons. The van der Waals surface area contributed by atoms with Crippen LogP contribution < -0.4 is 15.8 Å². The van der Waals surface area contributed by atoms with E-state index in [1.807, 2.05) is 6.92 Å². The number of aliphatic imine (C=N–C) groups is 1. The van der Waals surface area contributed by atoms with Crippen LogP contribution in [0.1, 0.15) is 16.0 Å². The SMILES string of the molecule is CN=C(NCCc1ccc(F)cc1C)NCc1ccc(S(N)(=O)=O)s1. The minimum absolute atomic E-state index is 0.138. The lowest BCUT2D eigenvalue weighted by Gasteiger charge is -2.12. The van der Waals surface area contributed by atoms with Crippen molar-refractivity contribution in [3.8, 4) is 0 Å². The Morgan fingerprint density at radius 1 is 1.28 bits per heavy atom. The summed E-state index contributed by atoms with van der Waals surface area (Å²) in [5, 5.41) is 11.4. The van der Waals surface area contributed by atoms with Crippen molar-refractivity contribution in [3.63, 3.8) is 0 Å². The van der Waals surface area contributed by atoms with Gasteiger partial charge in [-0.05, 0) is 48.7 Å². The normalized spacial score (nSPS) is 12.2. The Bertz CT molecular complexity index is 863. The van der Waals surface area contributed by atoms with Gasteiger partial charge >= 0.3 is 0 Å².